The fourth-order valence-corrected chi connectivity index (χ4v) is 2.30. The fourth-order valence-electron chi connectivity index (χ4n) is 2.30. The highest BCUT2D eigenvalue weighted by Crippen LogP contribution is 2.35. The Morgan fingerprint density at radius 2 is 2.21 bits per heavy atom. The molecule has 0 saturated heterocycles. The largest absolute Gasteiger partial charge is 0.465 e. The first kappa shape index (κ1) is 14.0. The lowest BCUT2D eigenvalue weighted by Crippen LogP contribution is -2.30. The highest BCUT2D eigenvalue weighted by atomic mass is 19.1. The Kier molecular flexibility index (Phi) is 4.20. The molecule has 1 fully saturated rings. The third kappa shape index (κ3) is 3.32. The molecule has 0 spiro atoms. The fraction of sp³-hybridized carbons (Fsp3) is 0.533. The number of rotatable bonds is 5. The molecule has 104 valence electrons. The van der Waals surface area contributed by atoms with Gasteiger partial charge in [0.05, 0.1) is 12.7 Å². The van der Waals surface area contributed by atoms with Gasteiger partial charge in [-0.1, -0.05) is 6.07 Å². The van der Waals surface area contributed by atoms with Gasteiger partial charge in [-0.25, -0.2) is 9.18 Å². The Balaban J connectivity index is 2.05. The zero-order valence-electron chi connectivity index (χ0n) is 11.6. The molecule has 1 atom stereocenters. The molecule has 4 heteroatoms. The predicted octanol–water partition coefficient (Wildman–Crippen LogP) is 2.84. The van der Waals surface area contributed by atoms with E-state index in [4.69, 9.17) is 0 Å². The van der Waals surface area contributed by atoms with Gasteiger partial charge in [0.1, 0.15) is 5.82 Å². The molecule has 3 nitrogen and oxygen atoms in total. The van der Waals surface area contributed by atoms with Gasteiger partial charge in [-0.3, -0.25) is 4.90 Å². The zero-order valence-corrected chi connectivity index (χ0v) is 11.6. The van der Waals surface area contributed by atoms with Gasteiger partial charge in [0.25, 0.3) is 0 Å². The lowest BCUT2D eigenvalue weighted by atomic mass is 10.1. The minimum Gasteiger partial charge on any atom is -0.465 e. The Morgan fingerprint density at radius 1 is 1.53 bits per heavy atom. The first-order valence-corrected chi connectivity index (χ1v) is 6.60. The van der Waals surface area contributed by atoms with Crippen LogP contribution in [0.1, 0.15) is 35.7 Å². The van der Waals surface area contributed by atoms with Crippen LogP contribution in [0.2, 0.25) is 0 Å². The molecule has 1 aromatic carbocycles. The topological polar surface area (TPSA) is 29.5 Å². The van der Waals surface area contributed by atoms with Crippen molar-refractivity contribution in [3.63, 3.8) is 0 Å². The first-order chi connectivity index (χ1) is 9.02. The molecule has 0 amide bonds. The highest BCUT2D eigenvalue weighted by molar-refractivity contribution is 5.89. The molecule has 1 aromatic rings. The van der Waals surface area contributed by atoms with Crippen molar-refractivity contribution in [2.24, 2.45) is 5.92 Å². The summed E-state index contributed by atoms with van der Waals surface area (Å²) >= 11 is 0. The van der Waals surface area contributed by atoms with E-state index in [1.807, 2.05) is 0 Å². The molecule has 0 aliphatic heterocycles. The lowest BCUT2D eigenvalue weighted by Gasteiger charge is -2.24. The highest BCUT2D eigenvalue weighted by Gasteiger charge is 2.30. The maximum atomic E-state index is 13.8. The summed E-state index contributed by atoms with van der Waals surface area (Å²) in [6.07, 6.45) is 2.59. The minimum atomic E-state index is -0.635. The van der Waals surface area contributed by atoms with Crippen molar-refractivity contribution >= 4 is 5.97 Å². The average molecular weight is 265 g/mol. The van der Waals surface area contributed by atoms with E-state index >= 15 is 0 Å². The van der Waals surface area contributed by atoms with E-state index in [1.165, 1.54) is 32.1 Å². The van der Waals surface area contributed by atoms with Gasteiger partial charge >= 0.3 is 5.97 Å². The van der Waals surface area contributed by atoms with Crippen LogP contribution in [0.3, 0.4) is 0 Å². The second-order valence-corrected chi connectivity index (χ2v) is 5.30. The van der Waals surface area contributed by atoms with Crippen molar-refractivity contribution in [3.8, 4) is 0 Å². The molecule has 1 aliphatic carbocycles. The van der Waals surface area contributed by atoms with Gasteiger partial charge in [-0.2, -0.15) is 0 Å². The number of hydrogen-bond donors (Lipinski definition) is 0. The van der Waals surface area contributed by atoms with E-state index in [2.05, 4.69) is 23.6 Å². The molecule has 0 bridgehead atoms. The monoisotopic (exact) mass is 265 g/mol. The number of benzene rings is 1. The number of nitrogens with zero attached hydrogens (tertiary/aromatic N) is 1. The molecular formula is C15H20FNO2. The van der Waals surface area contributed by atoms with Gasteiger partial charge in [0.2, 0.25) is 0 Å². The Morgan fingerprint density at radius 3 is 2.74 bits per heavy atom. The van der Waals surface area contributed by atoms with E-state index < -0.39 is 11.8 Å². The van der Waals surface area contributed by atoms with Gasteiger partial charge < -0.3 is 4.74 Å². The number of carbonyl (C=O) groups is 1. The molecule has 1 saturated carbocycles. The van der Waals surface area contributed by atoms with Gasteiger partial charge in [0, 0.05) is 12.6 Å². The van der Waals surface area contributed by atoms with Gasteiger partial charge in [0.15, 0.2) is 0 Å². The molecule has 0 aromatic heterocycles. The van der Waals surface area contributed by atoms with Crippen LogP contribution >= 0.6 is 0 Å². The number of halogens is 1. The average Bonchev–Trinajstić information content (AvgIpc) is 3.21. The lowest BCUT2D eigenvalue weighted by molar-refractivity contribution is 0.0595. The summed E-state index contributed by atoms with van der Waals surface area (Å²) in [5, 5.41) is 0. The molecule has 1 unspecified atom stereocenters. The second kappa shape index (κ2) is 5.70. The number of ether oxygens (including phenoxy) is 1. The van der Waals surface area contributed by atoms with Gasteiger partial charge in [-0.15, -0.1) is 0 Å². The van der Waals surface area contributed by atoms with Crippen LogP contribution in [0, 0.1) is 11.7 Å². The quantitative estimate of drug-likeness (QED) is 0.767. The van der Waals surface area contributed by atoms with E-state index in [0.717, 1.165) is 11.5 Å². The van der Waals surface area contributed by atoms with Crippen molar-refractivity contribution in [1.29, 1.82) is 0 Å². The molecule has 1 aliphatic rings. The second-order valence-electron chi connectivity index (χ2n) is 5.30. The van der Waals surface area contributed by atoms with Gasteiger partial charge in [-0.05, 0) is 50.4 Å². The maximum absolute atomic E-state index is 13.8. The van der Waals surface area contributed by atoms with Crippen LogP contribution in [0.15, 0.2) is 18.2 Å². The van der Waals surface area contributed by atoms with Crippen molar-refractivity contribution in [2.45, 2.75) is 32.4 Å². The molecular weight excluding hydrogens is 245 g/mol. The third-order valence-corrected chi connectivity index (χ3v) is 3.87. The minimum absolute atomic E-state index is 0.0101. The Hall–Kier alpha value is -1.42. The summed E-state index contributed by atoms with van der Waals surface area (Å²) in [7, 11) is 3.30. The van der Waals surface area contributed by atoms with E-state index in [1.54, 1.807) is 6.07 Å². The summed E-state index contributed by atoms with van der Waals surface area (Å²) in [5.41, 5.74) is 0.865. The van der Waals surface area contributed by atoms with E-state index in [0.29, 0.717) is 12.6 Å². The zero-order chi connectivity index (χ0) is 14.0. The smallest absolute Gasteiger partial charge is 0.340 e. The van der Waals surface area contributed by atoms with Crippen LogP contribution in [0.4, 0.5) is 4.39 Å². The van der Waals surface area contributed by atoms with Crippen LogP contribution in [0.25, 0.3) is 0 Å². The molecule has 0 radical (unpaired) electrons. The summed E-state index contributed by atoms with van der Waals surface area (Å²) in [4.78, 5) is 13.5. The Bertz CT molecular complexity index is 471. The summed E-state index contributed by atoms with van der Waals surface area (Å²) < 4.78 is 18.3. The summed E-state index contributed by atoms with van der Waals surface area (Å²) in [6.45, 7) is 2.90. The van der Waals surface area contributed by atoms with Crippen molar-refractivity contribution < 1.29 is 13.9 Å². The molecule has 0 heterocycles. The normalized spacial score (nSPS) is 16.5. The number of hydrogen-bond acceptors (Lipinski definition) is 3. The standard InChI is InChI=1S/C15H20FNO2/c1-10(12-5-6-12)17(2)9-11-4-7-13(14(16)8-11)15(18)19-3/h4,7-8,10,12H,5-6,9H2,1-3H3. The molecule has 0 N–H and O–H groups in total. The predicted molar refractivity (Wildman–Crippen MR) is 71.4 cm³/mol. The number of esters is 1. The first-order valence-electron chi connectivity index (χ1n) is 6.60. The van der Waals surface area contributed by atoms with Crippen molar-refractivity contribution in [1.82, 2.24) is 4.90 Å². The Labute approximate surface area is 113 Å². The molecule has 19 heavy (non-hydrogen) atoms. The maximum Gasteiger partial charge on any atom is 0.340 e. The van der Waals surface area contributed by atoms with Crippen molar-refractivity contribution in [3.05, 3.63) is 35.1 Å². The molecule has 2 rings (SSSR count). The van der Waals surface area contributed by atoms with E-state index in [9.17, 15) is 9.18 Å². The van der Waals surface area contributed by atoms with Crippen LogP contribution in [-0.4, -0.2) is 31.1 Å². The van der Waals surface area contributed by atoms with Crippen LogP contribution < -0.4 is 0 Å². The third-order valence-electron chi connectivity index (χ3n) is 3.87. The van der Waals surface area contributed by atoms with Crippen molar-refractivity contribution in [2.75, 3.05) is 14.2 Å². The number of carbonyl (C=O) groups excluding carboxylic acids is 1. The van der Waals surface area contributed by atoms with Crippen LogP contribution in [0.5, 0.6) is 0 Å². The summed E-state index contributed by atoms with van der Waals surface area (Å²) in [5.74, 6) is -0.371. The summed E-state index contributed by atoms with van der Waals surface area (Å²) in [6, 6.07) is 5.21. The number of methoxy groups -OCH3 is 1. The van der Waals surface area contributed by atoms with Crippen LogP contribution in [-0.2, 0) is 11.3 Å². The SMILES string of the molecule is COC(=O)c1ccc(CN(C)C(C)C2CC2)cc1F. The van der Waals surface area contributed by atoms with E-state index in [-0.39, 0.29) is 5.56 Å².